The largest absolute Gasteiger partial charge is 0.391 e. The third-order valence-electron chi connectivity index (χ3n) is 6.91. The van der Waals surface area contributed by atoms with Crippen molar-refractivity contribution in [3.8, 4) is 10.4 Å². The molecule has 3 heterocycles. The van der Waals surface area contributed by atoms with Crippen molar-refractivity contribution < 1.29 is 19.5 Å². The zero-order valence-corrected chi connectivity index (χ0v) is 22.4. The molecule has 9 nitrogen and oxygen atoms in total. The summed E-state index contributed by atoms with van der Waals surface area (Å²) in [6.45, 7) is 9.24. The second-order valence-electron chi connectivity index (χ2n) is 10.7. The van der Waals surface area contributed by atoms with Crippen molar-refractivity contribution >= 4 is 49.7 Å². The summed E-state index contributed by atoms with van der Waals surface area (Å²) >= 11 is 1.56. The topological polar surface area (TPSA) is 124 Å². The summed E-state index contributed by atoms with van der Waals surface area (Å²) in [6.07, 6.45) is -0.571. The van der Waals surface area contributed by atoms with Crippen LogP contribution in [0.2, 0.25) is 0 Å². The number of aromatic nitrogens is 1. The molecule has 37 heavy (non-hydrogen) atoms. The van der Waals surface area contributed by atoms with Crippen LogP contribution in [-0.4, -0.2) is 78.1 Å². The molecule has 2 aliphatic rings. The van der Waals surface area contributed by atoms with Crippen LogP contribution in [0.1, 0.15) is 45.4 Å². The van der Waals surface area contributed by atoms with Crippen LogP contribution in [0.25, 0.3) is 10.4 Å². The van der Waals surface area contributed by atoms with E-state index in [2.05, 4.69) is 15.6 Å². The van der Waals surface area contributed by atoms with Gasteiger partial charge in [0, 0.05) is 20.7 Å². The van der Waals surface area contributed by atoms with Gasteiger partial charge in [0.1, 0.15) is 11.9 Å². The smallest absolute Gasteiger partial charge is 0.257 e. The van der Waals surface area contributed by atoms with E-state index in [4.69, 9.17) is 12.7 Å². The highest BCUT2D eigenvalue weighted by Gasteiger charge is 2.48. The lowest BCUT2D eigenvalue weighted by Gasteiger charge is -2.35. The molecule has 1 aromatic heterocycles. The lowest BCUT2D eigenvalue weighted by molar-refractivity contribution is -0.136. The molecule has 0 bridgehead atoms. The quantitative estimate of drug-likeness (QED) is 0.503. The first kappa shape index (κ1) is 27.1. The maximum atomic E-state index is 13.6. The number of nitrogens with zero attached hydrogens (tertiary/aromatic N) is 3. The monoisotopic (exact) mass is 518 g/mol. The Morgan fingerprint density at radius 2 is 2.00 bits per heavy atom. The van der Waals surface area contributed by atoms with Gasteiger partial charge in [0.25, 0.3) is 5.91 Å². The molecule has 1 fully saturated rings. The normalized spacial score (nSPS) is 24.4. The van der Waals surface area contributed by atoms with Crippen LogP contribution in [0.15, 0.2) is 34.8 Å². The van der Waals surface area contributed by atoms with Crippen LogP contribution in [-0.2, 0) is 15.1 Å². The average molecular weight is 518 g/mol. The molecule has 1 aromatic carbocycles. The van der Waals surface area contributed by atoms with Crippen molar-refractivity contribution in [2.75, 3.05) is 6.54 Å². The molecule has 0 saturated carbocycles. The molecular weight excluding hydrogens is 488 g/mol. The standard InChI is InChI=1S/C25H30B2N5O4S/c1-13-18(37-12-28-13)14-6-8-15(9-7-14)25(5)22(35)30-20(31-25)17-10-16(33)11-32(17)21(34)19(24(2,3)4)29-23(36)27-26/h6-9,12,16-17,19,33H,10-11H2,1-5H3,(H,29,36)(H,30,31,35). The van der Waals surface area contributed by atoms with Gasteiger partial charge in [0.05, 0.1) is 28.2 Å². The second kappa shape index (κ2) is 10.1. The molecule has 4 atom stereocenters. The van der Waals surface area contributed by atoms with Crippen LogP contribution in [0.5, 0.6) is 0 Å². The van der Waals surface area contributed by atoms with Gasteiger partial charge < -0.3 is 20.6 Å². The Morgan fingerprint density at radius 3 is 2.57 bits per heavy atom. The number of nitrogens with one attached hydrogen (secondary N) is 2. The van der Waals surface area contributed by atoms with Crippen LogP contribution in [0, 0.1) is 12.3 Å². The molecule has 1 saturated heterocycles. The van der Waals surface area contributed by atoms with Crippen LogP contribution < -0.4 is 10.6 Å². The predicted octanol–water partition coefficient (Wildman–Crippen LogP) is 1.74. The molecule has 0 spiro atoms. The van der Waals surface area contributed by atoms with Gasteiger partial charge in [-0.25, -0.2) is 9.98 Å². The van der Waals surface area contributed by atoms with E-state index in [1.54, 1.807) is 23.8 Å². The molecule has 3 radical (unpaired) electrons. The molecular formula is C25H30B2N5O4S. The van der Waals surface area contributed by atoms with Gasteiger partial charge in [-0.3, -0.25) is 14.4 Å². The van der Waals surface area contributed by atoms with Crippen molar-refractivity contribution in [3.05, 3.63) is 41.0 Å². The van der Waals surface area contributed by atoms with Crippen molar-refractivity contribution in [3.63, 3.8) is 0 Å². The molecule has 4 unspecified atom stereocenters. The maximum Gasteiger partial charge on any atom is 0.257 e. The highest BCUT2D eigenvalue weighted by molar-refractivity contribution is 7.13. The number of amidine groups is 1. The van der Waals surface area contributed by atoms with Crippen molar-refractivity contribution in [2.45, 2.75) is 64.8 Å². The van der Waals surface area contributed by atoms with E-state index in [1.807, 2.05) is 52.0 Å². The van der Waals surface area contributed by atoms with Gasteiger partial charge in [-0.05, 0) is 30.4 Å². The Labute approximate surface area is 222 Å². The summed E-state index contributed by atoms with van der Waals surface area (Å²) in [5.74, 6) is -0.930. The fraction of sp³-hybridized carbons (Fsp3) is 0.480. The average Bonchev–Trinajstić information content (AvgIpc) is 3.53. The van der Waals surface area contributed by atoms with E-state index in [0.717, 1.165) is 23.3 Å². The number of likely N-dealkylation sites (tertiary alicyclic amines) is 1. The molecule has 3 N–H and O–H groups in total. The number of hydrogen-bond donors (Lipinski definition) is 3. The molecule has 191 valence electrons. The third kappa shape index (κ3) is 5.22. The minimum absolute atomic E-state index is 0.0623. The first-order valence-electron chi connectivity index (χ1n) is 12.1. The first-order chi connectivity index (χ1) is 17.3. The number of aliphatic imine (C=N–C) groups is 1. The van der Waals surface area contributed by atoms with Gasteiger partial charge in [0.15, 0.2) is 18.5 Å². The van der Waals surface area contributed by atoms with Crippen molar-refractivity contribution in [2.24, 2.45) is 10.4 Å². The Bertz CT molecular complexity index is 1240. The summed E-state index contributed by atoms with van der Waals surface area (Å²) in [4.78, 5) is 50.4. The number of aryl methyl sites for hydroxylation is 1. The van der Waals surface area contributed by atoms with Gasteiger partial charge in [0.2, 0.25) is 5.91 Å². The Hall–Kier alpha value is -2.98. The van der Waals surface area contributed by atoms with Gasteiger partial charge in [-0.2, -0.15) is 0 Å². The number of hydrogen-bond acceptors (Lipinski definition) is 7. The van der Waals surface area contributed by atoms with Gasteiger partial charge in [-0.15, -0.1) is 11.3 Å². The summed E-state index contributed by atoms with van der Waals surface area (Å²) < 4.78 is 0. The number of benzene rings is 1. The SMILES string of the molecule is [B][B]C(=O)NC(C(=O)N1CC(O)CC1C1=NC(C)(c2ccc(-c3scnc3C)cc2)C(=O)N1)C(C)(C)C. The number of aliphatic hydroxyl groups excluding tert-OH is 1. The molecule has 2 aliphatic heterocycles. The van der Waals surface area contributed by atoms with E-state index in [-0.39, 0.29) is 24.8 Å². The van der Waals surface area contributed by atoms with Gasteiger partial charge >= 0.3 is 0 Å². The number of β-amino-alcohol motifs (C(OH)–C–C–N with tert-alkyl or cyclic N) is 1. The number of carbonyl (C=O) groups excluding carboxylic acids is 3. The van der Waals surface area contributed by atoms with E-state index in [0.29, 0.717) is 11.4 Å². The lowest BCUT2D eigenvalue weighted by atomic mass is 9.55. The summed E-state index contributed by atoms with van der Waals surface area (Å²) in [7, 11) is 6.21. The van der Waals surface area contributed by atoms with E-state index in [1.165, 1.54) is 4.90 Å². The van der Waals surface area contributed by atoms with Crippen molar-refractivity contribution in [1.29, 1.82) is 0 Å². The minimum atomic E-state index is -1.19. The Morgan fingerprint density at radius 1 is 1.32 bits per heavy atom. The fourth-order valence-corrected chi connectivity index (χ4v) is 5.57. The molecule has 3 amide bonds. The lowest BCUT2D eigenvalue weighted by Crippen LogP contribution is -2.58. The molecule has 12 heteroatoms. The van der Waals surface area contributed by atoms with Crippen LogP contribution >= 0.6 is 11.3 Å². The maximum absolute atomic E-state index is 13.6. The van der Waals surface area contributed by atoms with Gasteiger partial charge in [-0.1, -0.05) is 45.0 Å². The number of carbonyl (C=O) groups is 3. The van der Waals surface area contributed by atoms with Crippen molar-refractivity contribution in [1.82, 2.24) is 20.5 Å². The number of rotatable bonds is 6. The number of thiazole rings is 1. The summed E-state index contributed by atoms with van der Waals surface area (Å²) in [5.41, 5.74) is 2.65. The summed E-state index contributed by atoms with van der Waals surface area (Å²) in [5, 5.41) is 16.0. The Kier molecular flexibility index (Phi) is 7.36. The second-order valence-corrected chi connectivity index (χ2v) is 11.6. The first-order valence-corrected chi connectivity index (χ1v) is 13.0. The number of aliphatic hydroxyl groups is 1. The molecule has 2 aromatic rings. The minimum Gasteiger partial charge on any atom is -0.391 e. The Balaban J connectivity index is 1.62. The fourth-order valence-electron chi connectivity index (χ4n) is 4.76. The zero-order chi connectivity index (χ0) is 27.1. The molecule has 4 rings (SSSR count). The predicted molar refractivity (Wildman–Crippen MR) is 145 cm³/mol. The van der Waals surface area contributed by atoms with Crippen LogP contribution in [0.3, 0.4) is 0 Å². The van der Waals surface area contributed by atoms with E-state index < -0.39 is 34.9 Å². The highest BCUT2D eigenvalue weighted by Crippen LogP contribution is 2.35. The third-order valence-corrected chi connectivity index (χ3v) is 7.89. The highest BCUT2D eigenvalue weighted by atomic mass is 32.1. The zero-order valence-electron chi connectivity index (χ0n) is 21.6. The van der Waals surface area contributed by atoms with E-state index in [9.17, 15) is 19.5 Å². The van der Waals surface area contributed by atoms with E-state index >= 15 is 0 Å². The summed E-state index contributed by atoms with van der Waals surface area (Å²) in [6, 6.07) is 6.11. The molecule has 0 aliphatic carbocycles. The number of amides is 3. The van der Waals surface area contributed by atoms with Crippen LogP contribution in [0.4, 0.5) is 4.79 Å².